The van der Waals surface area contributed by atoms with Crippen LogP contribution in [0.3, 0.4) is 0 Å². The number of methoxy groups -OCH3 is 1. The normalized spacial score (nSPS) is 12.2. The van der Waals surface area contributed by atoms with Crippen LogP contribution in [0, 0.1) is 5.92 Å². The summed E-state index contributed by atoms with van der Waals surface area (Å²) in [5.74, 6) is 1.25. The van der Waals surface area contributed by atoms with Crippen molar-refractivity contribution >= 4 is 5.91 Å². The first-order valence-corrected chi connectivity index (χ1v) is 6.81. The summed E-state index contributed by atoms with van der Waals surface area (Å²) in [7, 11) is 1.58. The van der Waals surface area contributed by atoms with Crippen LogP contribution in [0.5, 0.6) is 11.5 Å². The van der Waals surface area contributed by atoms with Crippen LogP contribution in [0.4, 0.5) is 0 Å². The fourth-order valence-corrected chi connectivity index (χ4v) is 1.74. The van der Waals surface area contributed by atoms with Crippen LogP contribution in [0.25, 0.3) is 0 Å². The highest BCUT2D eigenvalue weighted by Crippen LogP contribution is 2.27. The Morgan fingerprint density at radius 3 is 2.65 bits per heavy atom. The molecule has 1 aromatic rings. The molecule has 1 atom stereocenters. The number of phenolic OH excluding ortho intramolecular Hbond substituents is 1. The molecule has 0 aliphatic heterocycles. The number of amides is 1. The lowest BCUT2D eigenvalue weighted by Gasteiger charge is -2.16. The number of ether oxygens (including phenoxy) is 1. The van der Waals surface area contributed by atoms with Crippen molar-refractivity contribution in [3.63, 3.8) is 0 Å². The highest BCUT2D eigenvalue weighted by atomic mass is 16.5. The Morgan fingerprint density at radius 1 is 1.35 bits per heavy atom. The topological polar surface area (TPSA) is 70.6 Å². The molecule has 0 spiro atoms. The second kappa shape index (κ2) is 7.75. The van der Waals surface area contributed by atoms with Gasteiger partial charge in [-0.3, -0.25) is 4.79 Å². The minimum Gasteiger partial charge on any atom is -0.508 e. The molecule has 0 bridgehead atoms. The lowest BCUT2D eigenvalue weighted by molar-refractivity contribution is -0.120. The molecule has 0 saturated heterocycles. The summed E-state index contributed by atoms with van der Waals surface area (Å²) in [6, 6.07) is 4.90. The molecule has 1 unspecified atom stereocenters. The van der Waals surface area contributed by atoms with Crippen LogP contribution in [-0.4, -0.2) is 31.2 Å². The summed E-state index contributed by atoms with van der Waals surface area (Å²) in [5, 5.41) is 15.8. The molecule has 5 heteroatoms. The molecule has 3 N–H and O–H groups in total. The summed E-state index contributed by atoms with van der Waals surface area (Å²) >= 11 is 0. The van der Waals surface area contributed by atoms with Crippen molar-refractivity contribution in [1.29, 1.82) is 0 Å². The lowest BCUT2D eigenvalue weighted by Crippen LogP contribution is -2.36. The van der Waals surface area contributed by atoms with Gasteiger partial charge >= 0.3 is 0 Å². The quantitative estimate of drug-likeness (QED) is 0.712. The van der Waals surface area contributed by atoms with E-state index in [9.17, 15) is 9.90 Å². The van der Waals surface area contributed by atoms with Crippen LogP contribution in [0.1, 0.15) is 32.4 Å². The Morgan fingerprint density at radius 2 is 2.05 bits per heavy atom. The van der Waals surface area contributed by atoms with Crippen LogP contribution in [-0.2, 0) is 4.79 Å². The van der Waals surface area contributed by atoms with E-state index in [1.165, 1.54) is 0 Å². The molecule has 0 heterocycles. The Hall–Kier alpha value is -1.75. The van der Waals surface area contributed by atoms with E-state index in [0.29, 0.717) is 23.8 Å². The predicted molar refractivity (Wildman–Crippen MR) is 78.9 cm³/mol. The second-order valence-corrected chi connectivity index (χ2v) is 5.23. The van der Waals surface area contributed by atoms with Crippen LogP contribution >= 0.6 is 0 Å². The Kier molecular flexibility index (Phi) is 6.31. The average molecular weight is 280 g/mol. The van der Waals surface area contributed by atoms with Crippen molar-refractivity contribution in [2.45, 2.75) is 26.8 Å². The lowest BCUT2D eigenvalue weighted by atomic mass is 10.1. The Balaban J connectivity index is 2.54. The standard InChI is InChI=1S/C15H24N2O3/c1-10(2)8-17-15(19)9-16-11(3)13-7-12(20-4)5-6-14(13)18/h5-7,10-11,16,18H,8-9H2,1-4H3,(H,17,19). The van der Waals surface area contributed by atoms with Gasteiger partial charge in [0.15, 0.2) is 0 Å². The van der Waals surface area contributed by atoms with Crippen molar-refractivity contribution in [3.8, 4) is 11.5 Å². The minimum atomic E-state index is -0.144. The van der Waals surface area contributed by atoms with Gasteiger partial charge in [-0.15, -0.1) is 0 Å². The van der Waals surface area contributed by atoms with Gasteiger partial charge in [-0.2, -0.15) is 0 Å². The van der Waals surface area contributed by atoms with E-state index in [-0.39, 0.29) is 24.2 Å². The first-order chi connectivity index (χ1) is 9.43. The molecule has 0 radical (unpaired) electrons. The molecule has 1 amide bonds. The SMILES string of the molecule is COc1ccc(O)c(C(C)NCC(=O)NCC(C)C)c1. The molecule has 5 nitrogen and oxygen atoms in total. The first-order valence-electron chi connectivity index (χ1n) is 6.81. The monoisotopic (exact) mass is 280 g/mol. The molecule has 112 valence electrons. The molecule has 0 aromatic heterocycles. The minimum absolute atomic E-state index is 0.0482. The number of benzene rings is 1. The molecule has 0 fully saturated rings. The highest BCUT2D eigenvalue weighted by molar-refractivity contribution is 5.78. The average Bonchev–Trinajstić information content (AvgIpc) is 2.43. The smallest absolute Gasteiger partial charge is 0.233 e. The summed E-state index contributed by atoms with van der Waals surface area (Å²) in [4.78, 5) is 11.6. The van der Waals surface area contributed by atoms with E-state index in [2.05, 4.69) is 10.6 Å². The predicted octanol–water partition coefficient (Wildman–Crippen LogP) is 1.82. The van der Waals surface area contributed by atoms with Crippen molar-refractivity contribution in [2.75, 3.05) is 20.2 Å². The number of hydrogen-bond donors (Lipinski definition) is 3. The van der Waals surface area contributed by atoms with Gasteiger partial charge in [0.25, 0.3) is 0 Å². The summed E-state index contributed by atoms with van der Waals surface area (Å²) in [6.07, 6.45) is 0. The largest absolute Gasteiger partial charge is 0.508 e. The van der Waals surface area contributed by atoms with E-state index < -0.39 is 0 Å². The number of nitrogens with one attached hydrogen (secondary N) is 2. The number of hydrogen-bond acceptors (Lipinski definition) is 4. The van der Waals surface area contributed by atoms with Gasteiger partial charge in [0.2, 0.25) is 5.91 Å². The third-order valence-electron chi connectivity index (χ3n) is 2.98. The molecule has 1 aromatic carbocycles. The molecular formula is C15H24N2O3. The van der Waals surface area contributed by atoms with E-state index in [0.717, 1.165) is 0 Å². The van der Waals surface area contributed by atoms with Gasteiger partial charge < -0.3 is 20.5 Å². The van der Waals surface area contributed by atoms with E-state index >= 15 is 0 Å². The summed E-state index contributed by atoms with van der Waals surface area (Å²) < 4.78 is 5.13. The third-order valence-corrected chi connectivity index (χ3v) is 2.98. The molecular weight excluding hydrogens is 256 g/mol. The highest BCUT2D eigenvalue weighted by Gasteiger charge is 2.12. The number of phenols is 1. The fourth-order valence-electron chi connectivity index (χ4n) is 1.74. The van der Waals surface area contributed by atoms with E-state index in [4.69, 9.17) is 4.74 Å². The van der Waals surface area contributed by atoms with Gasteiger partial charge in [0.05, 0.1) is 13.7 Å². The fraction of sp³-hybridized carbons (Fsp3) is 0.533. The maximum Gasteiger partial charge on any atom is 0.233 e. The summed E-state index contributed by atoms with van der Waals surface area (Å²) in [5.41, 5.74) is 0.709. The molecule has 0 aliphatic carbocycles. The Labute approximate surface area is 120 Å². The zero-order valence-corrected chi connectivity index (χ0v) is 12.6. The summed E-state index contributed by atoms with van der Waals surface area (Å²) in [6.45, 7) is 6.86. The number of rotatable bonds is 7. The van der Waals surface area contributed by atoms with Crippen molar-refractivity contribution in [1.82, 2.24) is 10.6 Å². The van der Waals surface area contributed by atoms with Crippen molar-refractivity contribution < 1.29 is 14.6 Å². The Bertz CT molecular complexity index is 447. The molecule has 0 aliphatic rings. The number of carbonyl (C=O) groups is 1. The zero-order chi connectivity index (χ0) is 15.1. The van der Waals surface area contributed by atoms with Gasteiger partial charge in [0.1, 0.15) is 11.5 Å². The second-order valence-electron chi connectivity index (χ2n) is 5.23. The van der Waals surface area contributed by atoms with E-state index in [1.54, 1.807) is 25.3 Å². The van der Waals surface area contributed by atoms with Gasteiger partial charge in [-0.05, 0) is 31.0 Å². The third kappa shape index (κ3) is 5.09. The van der Waals surface area contributed by atoms with Crippen LogP contribution in [0.15, 0.2) is 18.2 Å². The van der Waals surface area contributed by atoms with Gasteiger partial charge in [-0.1, -0.05) is 13.8 Å². The molecule has 0 saturated carbocycles. The maximum atomic E-state index is 11.6. The molecule has 20 heavy (non-hydrogen) atoms. The zero-order valence-electron chi connectivity index (χ0n) is 12.6. The van der Waals surface area contributed by atoms with Crippen LogP contribution in [0.2, 0.25) is 0 Å². The first kappa shape index (κ1) is 16.3. The van der Waals surface area contributed by atoms with Crippen molar-refractivity contribution in [2.24, 2.45) is 5.92 Å². The number of aromatic hydroxyl groups is 1. The van der Waals surface area contributed by atoms with Gasteiger partial charge in [-0.25, -0.2) is 0 Å². The maximum absolute atomic E-state index is 11.6. The van der Waals surface area contributed by atoms with Crippen LogP contribution < -0.4 is 15.4 Å². The number of carbonyl (C=O) groups excluding carboxylic acids is 1. The van der Waals surface area contributed by atoms with E-state index in [1.807, 2.05) is 20.8 Å². The van der Waals surface area contributed by atoms with Crippen molar-refractivity contribution in [3.05, 3.63) is 23.8 Å². The molecule has 1 rings (SSSR count). The van der Waals surface area contributed by atoms with Gasteiger partial charge in [0, 0.05) is 18.2 Å².